The first-order chi connectivity index (χ1) is 12.5. The van der Waals surface area contributed by atoms with E-state index in [4.69, 9.17) is 0 Å². The lowest BCUT2D eigenvalue weighted by Gasteiger charge is -2.04. The minimum atomic E-state index is -3.35. The molecule has 0 unspecified atom stereocenters. The topological polar surface area (TPSA) is 76.1 Å². The number of amides is 1. The van der Waals surface area contributed by atoms with Crippen LogP contribution < -0.4 is 5.32 Å². The maximum atomic E-state index is 12.2. The molecule has 0 atom stereocenters. The number of carbonyl (C=O) groups is 1. The Balaban J connectivity index is 1.56. The van der Waals surface area contributed by atoms with Crippen molar-refractivity contribution < 1.29 is 13.2 Å². The summed E-state index contributed by atoms with van der Waals surface area (Å²) in [7, 11) is -3.35. The Morgan fingerprint density at radius 3 is 2.69 bits per heavy atom. The van der Waals surface area contributed by atoms with Gasteiger partial charge in [-0.2, -0.15) is 0 Å². The fourth-order valence-corrected chi connectivity index (χ4v) is 5.20. The summed E-state index contributed by atoms with van der Waals surface area (Å²) in [6, 6.07) is 14.3. The predicted octanol–water partition coefficient (Wildman–Crippen LogP) is 4.21. The number of aromatic nitrogens is 1. The fraction of sp³-hybridized carbons (Fsp3) is 0.222. The van der Waals surface area contributed by atoms with Crippen LogP contribution in [0.1, 0.15) is 12.8 Å². The molecular formula is C18H18N2O3S3. The lowest BCUT2D eigenvalue weighted by Crippen LogP contribution is -2.14. The normalized spacial score (nSPS) is 11.6. The van der Waals surface area contributed by atoms with Crippen molar-refractivity contribution in [1.29, 1.82) is 0 Å². The number of nitrogens with one attached hydrogen (secondary N) is 1. The molecule has 0 aliphatic heterocycles. The second-order valence-electron chi connectivity index (χ2n) is 5.64. The zero-order valence-electron chi connectivity index (χ0n) is 14.1. The predicted molar refractivity (Wildman–Crippen MR) is 108 cm³/mol. The molecule has 0 radical (unpaired) electrons. The third kappa shape index (κ3) is 4.63. The van der Waals surface area contributed by atoms with Gasteiger partial charge in [0, 0.05) is 11.3 Å². The van der Waals surface area contributed by atoms with E-state index in [2.05, 4.69) is 10.3 Å². The second-order valence-corrected chi connectivity index (χ2v) is 9.66. The van der Waals surface area contributed by atoms with Crippen LogP contribution in [0.25, 0.3) is 10.2 Å². The lowest BCUT2D eigenvalue weighted by atomic mass is 10.3. The number of fused-ring (bicyclic) bond motifs is 1. The number of hydrogen-bond acceptors (Lipinski definition) is 6. The van der Waals surface area contributed by atoms with Crippen LogP contribution >= 0.6 is 23.1 Å². The monoisotopic (exact) mass is 406 g/mol. The van der Waals surface area contributed by atoms with Crippen LogP contribution in [-0.2, 0) is 14.6 Å². The first-order valence-corrected chi connectivity index (χ1v) is 11.7. The summed E-state index contributed by atoms with van der Waals surface area (Å²) in [4.78, 5) is 17.9. The summed E-state index contributed by atoms with van der Waals surface area (Å²) < 4.78 is 25.4. The molecular weight excluding hydrogens is 388 g/mol. The summed E-state index contributed by atoms with van der Waals surface area (Å²) in [5.74, 6) is -0.279. The summed E-state index contributed by atoms with van der Waals surface area (Å²) in [5.41, 5.74) is 0.842. The molecule has 26 heavy (non-hydrogen) atoms. The van der Waals surface area contributed by atoms with Crippen LogP contribution in [0.2, 0.25) is 0 Å². The molecule has 1 heterocycles. The van der Waals surface area contributed by atoms with Crippen molar-refractivity contribution in [2.24, 2.45) is 0 Å². The molecule has 5 nitrogen and oxygen atoms in total. The largest absolute Gasteiger partial charge is 0.302 e. The van der Waals surface area contributed by atoms with E-state index in [0.717, 1.165) is 15.1 Å². The number of anilines is 1. The minimum absolute atomic E-state index is 0.0542. The summed E-state index contributed by atoms with van der Waals surface area (Å²) in [5, 5.41) is 3.30. The molecule has 0 saturated carbocycles. The Hall–Kier alpha value is -1.90. The van der Waals surface area contributed by atoms with Crippen molar-refractivity contribution in [3.05, 3.63) is 48.5 Å². The number of carbonyl (C=O) groups excluding carboxylic acids is 1. The first kappa shape index (κ1) is 18.9. The van der Waals surface area contributed by atoms with E-state index in [-0.39, 0.29) is 29.4 Å². The first-order valence-electron chi connectivity index (χ1n) is 8.00. The zero-order chi connectivity index (χ0) is 18.6. The molecule has 3 aromatic rings. The SMILES string of the molecule is CSc1ccc2nc(NC(=O)CCCS(=O)(=O)c3ccccc3)sc2c1. The Morgan fingerprint density at radius 1 is 1.19 bits per heavy atom. The van der Waals surface area contributed by atoms with Gasteiger partial charge in [-0.15, -0.1) is 11.8 Å². The Bertz CT molecular complexity index is 1010. The number of benzene rings is 2. The molecule has 0 bridgehead atoms. The number of thiazole rings is 1. The number of nitrogens with zero attached hydrogens (tertiary/aromatic N) is 1. The van der Waals surface area contributed by atoms with Crippen LogP contribution in [0.15, 0.2) is 58.3 Å². The number of rotatable bonds is 7. The Kier molecular flexibility index (Phi) is 5.95. The molecule has 136 valence electrons. The molecule has 1 aromatic heterocycles. The quantitative estimate of drug-likeness (QED) is 0.595. The lowest BCUT2D eigenvalue weighted by molar-refractivity contribution is -0.116. The number of thioether (sulfide) groups is 1. The van der Waals surface area contributed by atoms with Gasteiger partial charge in [-0.05, 0) is 43.0 Å². The van der Waals surface area contributed by atoms with Crippen molar-refractivity contribution in [1.82, 2.24) is 4.98 Å². The maximum absolute atomic E-state index is 12.2. The van der Waals surface area contributed by atoms with Gasteiger partial charge in [0.2, 0.25) is 5.91 Å². The molecule has 0 aliphatic carbocycles. The van der Waals surface area contributed by atoms with Crippen molar-refractivity contribution in [3.63, 3.8) is 0 Å². The van der Waals surface area contributed by atoms with Gasteiger partial charge in [-0.25, -0.2) is 13.4 Å². The molecule has 0 fully saturated rings. The summed E-state index contributed by atoms with van der Waals surface area (Å²) in [6.07, 6.45) is 2.41. The highest BCUT2D eigenvalue weighted by Gasteiger charge is 2.15. The highest BCUT2D eigenvalue weighted by atomic mass is 32.2. The van der Waals surface area contributed by atoms with E-state index in [1.807, 2.05) is 24.5 Å². The third-order valence-corrected chi connectivity index (χ3v) is 7.24. The standard InChI is InChI=1S/C18H18N2O3S3/c1-24-13-9-10-15-16(12-13)25-18(19-15)20-17(21)8-5-11-26(22,23)14-6-3-2-4-7-14/h2-4,6-7,9-10,12H,5,8,11H2,1H3,(H,19,20,21). The Morgan fingerprint density at radius 2 is 1.96 bits per heavy atom. The highest BCUT2D eigenvalue weighted by molar-refractivity contribution is 7.98. The van der Waals surface area contributed by atoms with E-state index < -0.39 is 9.84 Å². The van der Waals surface area contributed by atoms with Crippen molar-refractivity contribution in [3.8, 4) is 0 Å². The van der Waals surface area contributed by atoms with Gasteiger partial charge in [0.15, 0.2) is 15.0 Å². The van der Waals surface area contributed by atoms with Crippen LogP contribution in [-0.4, -0.2) is 31.3 Å². The van der Waals surface area contributed by atoms with E-state index in [0.29, 0.717) is 5.13 Å². The average molecular weight is 407 g/mol. The molecule has 8 heteroatoms. The Labute approximate surface area is 160 Å². The molecule has 2 aromatic carbocycles. The maximum Gasteiger partial charge on any atom is 0.226 e. The van der Waals surface area contributed by atoms with Crippen molar-refractivity contribution in [2.45, 2.75) is 22.6 Å². The van der Waals surface area contributed by atoms with Gasteiger partial charge in [-0.3, -0.25) is 4.79 Å². The number of sulfone groups is 1. The summed E-state index contributed by atoms with van der Waals surface area (Å²) >= 11 is 3.07. The second kappa shape index (κ2) is 8.20. The van der Waals surface area contributed by atoms with Gasteiger partial charge < -0.3 is 5.32 Å². The van der Waals surface area contributed by atoms with Crippen LogP contribution in [0, 0.1) is 0 Å². The third-order valence-electron chi connectivity index (χ3n) is 3.76. The molecule has 0 spiro atoms. The zero-order valence-corrected chi connectivity index (χ0v) is 16.6. The smallest absolute Gasteiger partial charge is 0.226 e. The fourth-order valence-electron chi connectivity index (χ4n) is 2.44. The average Bonchev–Trinajstić information content (AvgIpc) is 3.03. The van der Waals surface area contributed by atoms with Gasteiger partial charge in [0.05, 0.1) is 20.9 Å². The molecule has 0 saturated heterocycles. The summed E-state index contributed by atoms with van der Waals surface area (Å²) in [6.45, 7) is 0. The van der Waals surface area contributed by atoms with Gasteiger partial charge >= 0.3 is 0 Å². The van der Waals surface area contributed by atoms with Crippen molar-refractivity contribution in [2.75, 3.05) is 17.3 Å². The van der Waals surface area contributed by atoms with E-state index in [1.165, 1.54) is 11.3 Å². The molecule has 0 aliphatic rings. The highest BCUT2D eigenvalue weighted by Crippen LogP contribution is 2.29. The molecule has 1 N–H and O–H groups in total. The molecule has 1 amide bonds. The van der Waals surface area contributed by atoms with Crippen LogP contribution in [0.5, 0.6) is 0 Å². The van der Waals surface area contributed by atoms with Crippen molar-refractivity contribution >= 4 is 54.2 Å². The minimum Gasteiger partial charge on any atom is -0.302 e. The van der Waals surface area contributed by atoms with Gasteiger partial charge in [0.1, 0.15) is 0 Å². The molecule has 3 rings (SSSR count). The van der Waals surface area contributed by atoms with Gasteiger partial charge in [-0.1, -0.05) is 29.5 Å². The van der Waals surface area contributed by atoms with Crippen LogP contribution in [0.4, 0.5) is 5.13 Å². The van der Waals surface area contributed by atoms with E-state index in [1.54, 1.807) is 42.1 Å². The number of hydrogen-bond donors (Lipinski definition) is 1. The van der Waals surface area contributed by atoms with Gasteiger partial charge in [0.25, 0.3) is 0 Å². The van der Waals surface area contributed by atoms with E-state index in [9.17, 15) is 13.2 Å². The van der Waals surface area contributed by atoms with Crippen LogP contribution in [0.3, 0.4) is 0 Å². The van der Waals surface area contributed by atoms with E-state index >= 15 is 0 Å².